The molecule has 4 N–H and O–H groups in total. The first-order valence-electron chi connectivity index (χ1n) is 6.49. The second-order valence-electron chi connectivity index (χ2n) is 4.78. The molecule has 7 nitrogen and oxygen atoms in total. The molecule has 0 unspecified atom stereocenters. The van der Waals surface area contributed by atoms with E-state index in [1.54, 1.807) is 17.3 Å². The molecular formula is C14H12N6O. The number of rotatable bonds is 2. The van der Waals surface area contributed by atoms with Gasteiger partial charge in [-0.2, -0.15) is 0 Å². The summed E-state index contributed by atoms with van der Waals surface area (Å²) >= 11 is 0. The fourth-order valence-electron chi connectivity index (χ4n) is 2.50. The van der Waals surface area contributed by atoms with Gasteiger partial charge in [0.15, 0.2) is 5.78 Å². The van der Waals surface area contributed by atoms with Crippen molar-refractivity contribution in [3.8, 4) is 0 Å². The summed E-state index contributed by atoms with van der Waals surface area (Å²) in [6.45, 7) is 0.158. The van der Waals surface area contributed by atoms with Crippen LogP contribution >= 0.6 is 0 Å². The van der Waals surface area contributed by atoms with Crippen molar-refractivity contribution >= 4 is 28.3 Å². The number of nitrogens with two attached hydrogens (primary N) is 1. The molecular weight excluding hydrogens is 268 g/mol. The number of carbonyl (C=O) groups excluding carboxylic acids is 1. The number of H-pyrrole nitrogens is 2. The number of aromatic nitrogens is 4. The number of nitrogens with one attached hydrogen (secondary N) is 2. The van der Waals surface area contributed by atoms with Crippen LogP contribution in [-0.4, -0.2) is 32.3 Å². The van der Waals surface area contributed by atoms with E-state index in [0.717, 1.165) is 11.0 Å². The van der Waals surface area contributed by atoms with Crippen molar-refractivity contribution in [3.63, 3.8) is 0 Å². The third-order valence-corrected chi connectivity index (χ3v) is 3.49. The number of imidazole rings is 2. The number of para-hydroxylation sites is 2. The van der Waals surface area contributed by atoms with Crippen molar-refractivity contribution in [2.75, 3.05) is 11.4 Å². The number of hydrogen-bond donors (Lipinski definition) is 3. The Labute approximate surface area is 119 Å². The van der Waals surface area contributed by atoms with Crippen molar-refractivity contribution in [1.82, 2.24) is 19.9 Å². The van der Waals surface area contributed by atoms with Gasteiger partial charge in [0.2, 0.25) is 5.95 Å². The van der Waals surface area contributed by atoms with Crippen LogP contribution < -0.4 is 10.6 Å². The molecule has 0 aliphatic carbocycles. The normalized spacial score (nSPS) is 15.4. The highest BCUT2D eigenvalue weighted by atomic mass is 16.1. The Morgan fingerprint density at radius 3 is 2.90 bits per heavy atom. The van der Waals surface area contributed by atoms with Gasteiger partial charge in [0, 0.05) is 12.4 Å². The maximum atomic E-state index is 12.3. The lowest BCUT2D eigenvalue weighted by molar-refractivity contribution is -0.112. The zero-order chi connectivity index (χ0) is 14.4. The number of carbonyl (C=O) groups is 1. The second-order valence-corrected chi connectivity index (χ2v) is 4.78. The van der Waals surface area contributed by atoms with Crippen LogP contribution in [0.5, 0.6) is 0 Å². The molecule has 0 atom stereocenters. The van der Waals surface area contributed by atoms with Gasteiger partial charge in [0.1, 0.15) is 17.2 Å². The Balaban J connectivity index is 1.84. The minimum atomic E-state index is -0.0806. The standard InChI is InChI=1S/C14H12N6O/c15-12-11(10(21)7-20(12)14-16-5-6-17-14)13-18-8-3-1-2-4-9(8)19-13/h1-6H,7,15H2,(H,16,17)(H,18,19). The number of Topliss-reactive ketones (excluding diaryl/α,β-unsaturated/α-hetero) is 1. The van der Waals surface area contributed by atoms with Crippen molar-refractivity contribution < 1.29 is 4.79 Å². The van der Waals surface area contributed by atoms with Gasteiger partial charge in [-0.1, -0.05) is 12.1 Å². The van der Waals surface area contributed by atoms with Gasteiger partial charge in [0.05, 0.1) is 17.6 Å². The van der Waals surface area contributed by atoms with Gasteiger partial charge in [-0.15, -0.1) is 0 Å². The molecule has 0 amide bonds. The van der Waals surface area contributed by atoms with Gasteiger partial charge in [0.25, 0.3) is 0 Å². The minimum absolute atomic E-state index is 0.0806. The lowest BCUT2D eigenvalue weighted by Crippen LogP contribution is -2.26. The summed E-state index contributed by atoms with van der Waals surface area (Å²) in [6.07, 6.45) is 3.30. The van der Waals surface area contributed by atoms with Crippen LogP contribution in [0.4, 0.5) is 5.95 Å². The number of aromatic amines is 2. The number of fused-ring (bicyclic) bond motifs is 1. The third-order valence-electron chi connectivity index (χ3n) is 3.49. The Kier molecular flexibility index (Phi) is 2.34. The SMILES string of the molecule is NC1=C(c2nc3ccccc3[nH]2)C(=O)CN1c1ncc[nH]1. The summed E-state index contributed by atoms with van der Waals surface area (Å²) in [6, 6.07) is 7.60. The van der Waals surface area contributed by atoms with Gasteiger partial charge >= 0.3 is 0 Å². The van der Waals surface area contributed by atoms with Crippen LogP contribution in [0.25, 0.3) is 16.6 Å². The fourth-order valence-corrected chi connectivity index (χ4v) is 2.50. The van der Waals surface area contributed by atoms with Gasteiger partial charge in [-0.05, 0) is 12.1 Å². The third kappa shape index (κ3) is 1.71. The average molecular weight is 280 g/mol. The molecule has 3 heterocycles. The van der Waals surface area contributed by atoms with Crippen LogP contribution in [-0.2, 0) is 4.79 Å². The molecule has 4 rings (SSSR count). The zero-order valence-electron chi connectivity index (χ0n) is 11.0. The number of ketones is 1. The Morgan fingerprint density at radius 2 is 2.14 bits per heavy atom. The van der Waals surface area contributed by atoms with E-state index in [0.29, 0.717) is 23.2 Å². The fraction of sp³-hybridized carbons (Fsp3) is 0.0714. The predicted molar refractivity (Wildman–Crippen MR) is 78.1 cm³/mol. The molecule has 0 spiro atoms. The molecule has 0 bridgehead atoms. The van der Waals surface area contributed by atoms with Crippen LogP contribution in [0.2, 0.25) is 0 Å². The van der Waals surface area contributed by atoms with E-state index in [4.69, 9.17) is 5.73 Å². The average Bonchev–Trinajstić information content (AvgIpc) is 3.17. The summed E-state index contributed by atoms with van der Waals surface area (Å²) in [7, 11) is 0. The summed E-state index contributed by atoms with van der Waals surface area (Å²) < 4.78 is 0. The molecule has 104 valence electrons. The molecule has 0 fully saturated rings. The monoisotopic (exact) mass is 280 g/mol. The molecule has 21 heavy (non-hydrogen) atoms. The van der Waals surface area contributed by atoms with E-state index in [2.05, 4.69) is 19.9 Å². The number of nitrogens with zero attached hydrogens (tertiary/aromatic N) is 3. The molecule has 0 saturated heterocycles. The Bertz CT molecular complexity index is 828. The molecule has 1 aliphatic rings. The minimum Gasteiger partial charge on any atom is -0.384 e. The summed E-state index contributed by atoms with van der Waals surface area (Å²) in [5.41, 5.74) is 8.20. The van der Waals surface area contributed by atoms with Crippen molar-refractivity contribution in [2.24, 2.45) is 5.73 Å². The topological polar surface area (TPSA) is 104 Å². The number of hydrogen-bond acceptors (Lipinski definition) is 5. The van der Waals surface area contributed by atoms with E-state index in [1.165, 1.54) is 0 Å². The number of anilines is 1. The highest BCUT2D eigenvalue weighted by Crippen LogP contribution is 2.28. The largest absolute Gasteiger partial charge is 0.384 e. The van der Waals surface area contributed by atoms with Crippen LogP contribution in [0.15, 0.2) is 42.5 Å². The van der Waals surface area contributed by atoms with E-state index in [1.807, 2.05) is 24.3 Å². The molecule has 0 saturated carbocycles. The molecule has 7 heteroatoms. The summed E-state index contributed by atoms with van der Waals surface area (Å²) in [5, 5.41) is 0. The van der Waals surface area contributed by atoms with Gasteiger partial charge < -0.3 is 15.7 Å². The van der Waals surface area contributed by atoms with Crippen molar-refractivity contribution in [1.29, 1.82) is 0 Å². The van der Waals surface area contributed by atoms with Gasteiger partial charge in [-0.3, -0.25) is 9.69 Å². The lowest BCUT2D eigenvalue weighted by Gasteiger charge is -2.14. The van der Waals surface area contributed by atoms with Crippen molar-refractivity contribution in [2.45, 2.75) is 0 Å². The predicted octanol–water partition coefficient (Wildman–Crippen LogP) is 1.00. The Hall–Kier alpha value is -3.09. The zero-order valence-corrected chi connectivity index (χ0v) is 11.0. The van der Waals surface area contributed by atoms with Gasteiger partial charge in [-0.25, -0.2) is 9.97 Å². The molecule has 3 aromatic rings. The van der Waals surface area contributed by atoms with E-state index >= 15 is 0 Å². The molecule has 1 aromatic carbocycles. The maximum absolute atomic E-state index is 12.3. The smallest absolute Gasteiger partial charge is 0.208 e. The first kappa shape index (κ1) is 11.7. The summed E-state index contributed by atoms with van der Waals surface area (Å²) in [4.78, 5) is 28.6. The highest BCUT2D eigenvalue weighted by Gasteiger charge is 2.33. The first-order valence-corrected chi connectivity index (χ1v) is 6.49. The molecule has 0 radical (unpaired) electrons. The summed E-state index contributed by atoms with van der Waals surface area (Å²) in [5.74, 6) is 1.32. The Morgan fingerprint density at radius 1 is 1.29 bits per heavy atom. The van der Waals surface area contributed by atoms with Crippen LogP contribution in [0.1, 0.15) is 5.82 Å². The van der Waals surface area contributed by atoms with E-state index in [9.17, 15) is 4.79 Å². The first-order chi connectivity index (χ1) is 10.2. The number of benzene rings is 1. The van der Waals surface area contributed by atoms with Crippen molar-refractivity contribution in [3.05, 3.63) is 48.3 Å². The van der Waals surface area contributed by atoms with Crippen LogP contribution in [0, 0.1) is 0 Å². The highest BCUT2D eigenvalue weighted by molar-refractivity contribution is 6.26. The molecule has 2 aromatic heterocycles. The second kappa shape index (κ2) is 4.20. The molecule has 1 aliphatic heterocycles. The van der Waals surface area contributed by atoms with E-state index in [-0.39, 0.29) is 12.3 Å². The lowest BCUT2D eigenvalue weighted by atomic mass is 10.2. The van der Waals surface area contributed by atoms with Crippen LogP contribution in [0.3, 0.4) is 0 Å². The quantitative estimate of drug-likeness (QED) is 0.649. The maximum Gasteiger partial charge on any atom is 0.208 e. The van der Waals surface area contributed by atoms with E-state index < -0.39 is 0 Å².